The van der Waals surface area contributed by atoms with Gasteiger partial charge in [-0.15, -0.1) is 11.3 Å². The molecule has 0 aliphatic rings. The van der Waals surface area contributed by atoms with E-state index in [-0.39, 0.29) is 4.21 Å². The molecule has 7 nitrogen and oxygen atoms in total. The molecule has 9 heteroatoms. The third kappa shape index (κ3) is 7.72. The molecular weight excluding hydrogens is 358 g/mol. The molecular formula is C16H31N5O2S2. The Kier molecular flexibility index (Phi) is 8.84. The lowest BCUT2D eigenvalue weighted by molar-refractivity contribution is 0.173. The van der Waals surface area contributed by atoms with E-state index in [0.29, 0.717) is 24.6 Å². The van der Waals surface area contributed by atoms with Gasteiger partial charge in [-0.3, -0.25) is 9.89 Å². The van der Waals surface area contributed by atoms with Crippen molar-refractivity contribution in [2.24, 2.45) is 10.1 Å². The average molecular weight is 390 g/mol. The summed E-state index contributed by atoms with van der Waals surface area (Å²) in [7, 11) is -1.91. The van der Waals surface area contributed by atoms with Crippen LogP contribution in [0, 0.1) is 0 Å². The fourth-order valence-electron chi connectivity index (χ4n) is 2.58. The first-order chi connectivity index (χ1) is 11.6. The maximum absolute atomic E-state index is 11.3. The zero-order valence-electron chi connectivity index (χ0n) is 15.7. The normalized spacial score (nSPS) is 13.1. The van der Waals surface area contributed by atoms with Crippen molar-refractivity contribution < 1.29 is 8.42 Å². The number of nitrogens with zero attached hydrogens (tertiary/aromatic N) is 2. The second kappa shape index (κ2) is 10.1. The van der Waals surface area contributed by atoms with Gasteiger partial charge in [0.1, 0.15) is 4.21 Å². The smallest absolute Gasteiger partial charge is 0.247 e. The molecule has 1 aromatic rings. The van der Waals surface area contributed by atoms with E-state index < -0.39 is 10.0 Å². The zero-order valence-corrected chi connectivity index (χ0v) is 17.4. The molecule has 144 valence electrons. The van der Waals surface area contributed by atoms with Gasteiger partial charge in [-0.1, -0.05) is 0 Å². The Labute approximate surface area is 155 Å². The Balaban J connectivity index is 2.39. The number of guanidine groups is 1. The van der Waals surface area contributed by atoms with E-state index in [0.717, 1.165) is 24.4 Å². The standard InChI is InChI=1S/C16H31N5O2S2/c1-12(2)21(13(3)4)10-6-9-19-16(18-5)20-11-14-7-8-15(24-14)25(17,22)23/h7-8,12-13H,6,9-11H2,1-5H3,(H2,17,22,23)(H2,18,19,20). The fourth-order valence-corrected chi connectivity index (χ4v) is 4.30. The summed E-state index contributed by atoms with van der Waals surface area (Å²) in [6.45, 7) is 11.2. The number of rotatable bonds is 9. The highest BCUT2D eigenvalue weighted by Crippen LogP contribution is 2.19. The van der Waals surface area contributed by atoms with Crippen LogP contribution >= 0.6 is 11.3 Å². The molecule has 1 rings (SSSR count). The van der Waals surface area contributed by atoms with Crippen LogP contribution in [0.1, 0.15) is 39.0 Å². The summed E-state index contributed by atoms with van der Waals surface area (Å²) in [6.07, 6.45) is 1.02. The quantitative estimate of drug-likeness (QED) is 0.338. The minimum atomic E-state index is -3.63. The molecule has 0 aliphatic carbocycles. The number of nitrogens with one attached hydrogen (secondary N) is 2. The van der Waals surface area contributed by atoms with E-state index in [1.807, 2.05) is 0 Å². The third-order valence-electron chi connectivity index (χ3n) is 3.78. The second-order valence-electron chi connectivity index (χ2n) is 6.40. The van der Waals surface area contributed by atoms with Crippen molar-refractivity contribution in [1.82, 2.24) is 15.5 Å². The van der Waals surface area contributed by atoms with Crippen molar-refractivity contribution >= 4 is 27.3 Å². The number of sulfonamides is 1. The van der Waals surface area contributed by atoms with Gasteiger partial charge in [0.25, 0.3) is 0 Å². The largest absolute Gasteiger partial charge is 0.356 e. The van der Waals surface area contributed by atoms with Crippen LogP contribution in [0.5, 0.6) is 0 Å². The topological polar surface area (TPSA) is 99.8 Å². The first-order valence-electron chi connectivity index (χ1n) is 8.47. The summed E-state index contributed by atoms with van der Waals surface area (Å²) in [5.41, 5.74) is 0. The van der Waals surface area contributed by atoms with Crippen LogP contribution < -0.4 is 15.8 Å². The molecule has 0 bridgehead atoms. The van der Waals surface area contributed by atoms with Crippen LogP contribution in [0.15, 0.2) is 21.3 Å². The highest BCUT2D eigenvalue weighted by atomic mass is 32.2. The maximum Gasteiger partial charge on any atom is 0.247 e. The molecule has 0 aromatic carbocycles. The maximum atomic E-state index is 11.3. The van der Waals surface area contributed by atoms with Crippen molar-refractivity contribution in [3.05, 3.63) is 17.0 Å². The lowest BCUT2D eigenvalue weighted by Crippen LogP contribution is -2.41. The van der Waals surface area contributed by atoms with Crippen LogP contribution in [0.2, 0.25) is 0 Å². The Morgan fingerprint density at radius 3 is 2.36 bits per heavy atom. The van der Waals surface area contributed by atoms with Crippen molar-refractivity contribution in [2.75, 3.05) is 20.1 Å². The van der Waals surface area contributed by atoms with E-state index >= 15 is 0 Å². The molecule has 0 spiro atoms. The second-order valence-corrected chi connectivity index (χ2v) is 9.35. The average Bonchev–Trinajstić information content (AvgIpc) is 2.98. The van der Waals surface area contributed by atoms with Gasteiger partial charge in [-0.25, -0.2) is 13.6 Å². The van der Waals surface area contributed by atoms with Crippen LogP contribution in [-0.4, -0.2) is 51.5 Å². The predicted octanol–water partition coefficient (Wildman–Crippen LogP) is 1.57. The van der Waals surface area contributed by atoms with E-state index in [1.165, 1.54) is 17.4 Å². The molecule has 0 saturated carbocycles. The lowest BCUT2D eigenvalue weighted by Gasteiger charge is -2.30. The Morgan fingerprint density at radius 2 is 1.88 bits per heavy atom. The molecule has 0 amide bonds. The molecule has 0 aliphatic heterocycles. The zero-order chi connectivity index (χ0) is 19.0. The van der Waals surface area contributed by atoms with Gasteiger partial charge >= 0.3 is 0 Å². The van der Waals surface area contributed by atoms with Gasteiger partial charge in [0.05, 0.1) is 6.54 Å². The monoisotopic (exact) mass is 389 g/mol. The Hall–Kier alpha value is -1.16. The predicted molar refractivity (Wildman–Crippen MR) is 105 cm³/mol. The fraction of sp³-hybridized carbons (Fsp3) is 0.688. The van der Waals surface area contributed by atoms with Crippen molar-refractivity contribution in [3.8, 4) is 0 Å². The molecule has 0 radical (unpaired) electrons. The molecule has 0 atom stereocenters. The molecule has 4 N–H and O–H groups in total. The van der Waals surface area contributed by atoms with Gasteiger partial charge in [-0.05, 0) is 46.2 Å². The number of thiophene rings is 1. The highest BCUT2D eigenvalue weighted by Gasteiger charge is 2.13. The Bertz CT molecular complexity index is 645. The van der Waals surface area contributed by atoms with Crippen LogP contribution in [0.3, 0.4) is 0 Å². The van der Waals surface area contributed by atoms with Gasteiger partial charge in [-0.2, -0.15) is 0 Å². The van der Waals surface area contributed by atoms with Gasteiger partial charge in [0.15, 0.2) is 5.96 Å². The van der Waals surface area contributed by atoms with Gasteiger partial charge in [0, 0.05) is 37.1 Å². The summed E-state index contributed by atoms with van der Waals surface area (Å²) in [6, 6.07) is 4.35. The summed E-state index contributed by atoms with van der Waals surface area (Å²) in [5, 5.41) is 11.6. The van der Waals surface area contributed by atoms with Crippen molar-refractivity contribution in [2.45, 2.75) is 57.0 Å². The molecule has 1 aromatic heterocycles. The third-order valence-corrected chi connectivity index (χ3v) is 6.31. The summed E-state index contributed by atoms with van der Waals surface area (Å²) < 4.78 is 22.8. The lowest BCUT2D eigenvalue weighted by atomic mass is 10.2. The molecule has 1 heterocycles. The van der Waals surface area contributed by atoms with Gasteiger partial charge < -0.3 is 10.6 Å². The van der Waals surface area contributed by atoms with Crippen molar-refractivity contribution in [1.29, 1.82) is 0 Å². The number of hydrogen-bond donors (Lipinski definition) is 3. The number of aliphatic imine (C=N–C) groups is 1. The number of primary sulfonamides is 1. The summed E-state index contributed by atoms with van der Waals surface area (Å²) >= 11 is 1.17. The van der Waals surface area contributed by atoms with E-state index in [4.69, 9.17) is 5.14 Å². The van der Waals surface area contributed by atoms with Crippen LogP contribution in [0.4, 0.5) is 0 Å². The first-order valence-corrected chi connectivity index (χ1v) is 10.8. The van der Waals surface area contributed by atoms with Gasteiger partial charge in [0.2, 0.25) is 10.0 Å². The number of hydrogen-bond acceptors (Lipinski definition) is 5. The number of nitrogens with two attached hydrogens (primary N) is 1. The highest BCUT2D eigenvalue weighted by molar-refractivity contribution is 7.91. The Morgan fingerprint density at radius 1 is 1.24 bits per heavy atom. The minimum absolute atomic E-state index is 0.176. The van der Waals surface area contributed by atoms with E-state index in [9.17, 15) is 8.42 Å². The molecule has 0 fully saturated rings. The molecule has 0 unspecified atom stereocenters. The van der Waals surface area contributed by atoms with Crippen LogP contribution in [0.25, 0.3) is 0 Å². The molecule has 0 saturated heterocycles. The first kappa shape index (κ1) is 21.9. The van der Waals surface area contributed by atoms with E-state index in [2.05, 4.69) is 48.2 Å². The van der Waals surface area contributed by atoms with Crippen LogP contribution in [-0.2, 0) is 16.6 Å². The van der Waals surface area contributed by atoms with E-state index in [1.54, 1.807) is 13.1 Å². The minimum Gasteiger partial charge on any atom is -0.356 e. The molecule has 25 heavy (non-hydrogen) atoms. The summed E-state index contributed by atoms with van der Waals surface area (Å²) in [5.74, 6) is 0.700. The summed E-state index contributed by atoms with van der Waals surface area (Å²) in [4.78, 5) is 7.53. The SMILES string of the molecule is CN=C(NCCCN(C(C)C)C(C)C)NCc1ccc(S(N)(=O)=O)s1. The van der Waals surface area contributed by atoms with Crippen molar-refractivity contribution in [3.63, 3.8) is 0 Å².